The highest BCUT2D eigenvalue weighted by Crippen LogP contribution is 1.79. The van der Waals surface area contributed by atoms with Gasteiger partial charge in [-0.2, -0.15) is 0 Å². The molecule has 0 unspecified atom stereocenters. The van der Waals surface area contributed by atoms with Gasteiger partial charge in [0.1, 0.15) is 13.3 Å². The van der Waals surface area contributed by atoms with E-state index in [1.165, 1.54) is 0 Å². The molecule has 1 aliphatic heterocycles. The molecule has 1 amide bonds. The van der Waals surface area contributed by atoms with Gasteiger partial charge >= 0.3 is 0 Å². The van der Waals surface area contributed by atoms with Crippen molar-refractivity contribution in [2.45, 2.75) is 13.8 Å². The zero-order valence-electron chi connectivity index (χ0n) is 5.23. The van der Waals surface area contributed by atoms with E-state index in [0.29, 0.717) is 6.73 Å². The first kappa shape index (κ1) is 7.43. The molecule has 0 aromatic heterocycles. The molecule has 0 saturated carbocycles. The van der Waals surface area contributed by atoms with Crippen LogP contribution in [0.15, 0.2) is 0 Å². The molecule has 0 aliphatic carbocycles. The highest BCUT2D eigenvalue weighted by atomic mass is 16.5. The second-order valence-corrected chi connectivity index (χ2v) is 1.09. The zero-order chi connectivity index (χ0) is 6.41. The van der Waals surface area contributed by atoms with E-state index in [-0.39, 0.29) is 12.5 Å². The summed E-state index contributed by atoms with van der Waals surface area (Å²) in [7, 11) is 0. The van der Waals surface area contributed by atoms with Crippen molar-refractivity contribution >= 4 is 5.91 Å². The number of carbonyl (C=O) groups excluding carboxylic acids is 1. The molecule has 1 aliphatic rings. The third-order valence-corrected chi connectivity index (χ3v) is 0.605. The maximum absolute atomic E-state index is 10.0. The summed E-state index contributed by atoms with van der Waals surface area (Å²) >= 11 is 0. The van der Waals surface area contributed by atoms with Crippen LogP contribution in [0.3, 0.4) is 0 Å². The summed E-state index contributed by atoms with van der Waals surface area (Å²) < 4.78 is 4.60. The van der Waals surface area contributed by atoms with E-state index in [1.54, 1.807) is 0 Å². The Labute approximate surface area is 49.0 Å². The minimum absolute atomic E-state index is 0.0185. The molecule has 0 aromatic rings. The Balaban J connectivity index is 0.000000222. The van der Waals surface area contributed by atoms with Crippen LogP contribution in [0, 0.1) is 0 Å². The maximum atomic E-state index is 10.0. The lowest BCUT2D eigenvalue weighted by atomic mass is 10.7. The van der Waals surface area contributed by atoms with E-state index in [4.69, 9.17) is 0 Å². The average Bonchev–Trinajstić information content (AvgIpc) is 2.24. The second kappa shape index (κ2) is 4.59. The monoisotopic (exact) mass is 117 g/mol. The fraction of sp³-hybridized carbons (Fsp3) is 0.800. The average molecular weight is 117 g/mol. The van der Waals surface area contributed by atoms with Gasteiger partial charge in [0.25, 0.3) is 0 Å². The van der Waals surface area contributed by atoms with Gasteiger partial charge in [0.05, 0.1) is 0 Å². The van der Waals surface area contributed by atoms with Crippen LogP contribution in [0.5, 0.6) is 0 Å². The first-order valence-corrected chi connectivity index (χ1v) is 2.74. The second-order valence-electron chi connectivity index (χ2n) is 1.09. The lowest BCUT2D eigenvalue weighted by Gasteiger charge is -1.77. The fourth-order valence-electron chi connectivity index (χ4n) is 0.326. The minimum atomic E-state index is -0.0185. The molecule has 0 radical (unpaired) electrons. The molecule has 1 N–H and O–H groups in total. The summed E-state index contributed by atoms with van der Waals surface area (Å²) in [6.07, 6.45) is 0. The molecule has 1 saturated heterocycles. The molecule has 3 nitrogen and oxygen atoms in total. The Morgan fingerprint density at radius 3 is 2.38 bits per heavy atom. The van der Waals surface area contributed by atoms with E-state index in [9.17, 15) is 4.79 Å². The number of rotatable bonds is 0. The normalized spacial score (nSPS) is 16.5. The van der Waals surface area contributed by atoms with Crippen LogP contribution in [0.25, 0.3) is 0 Å². The Morgan fingerprint density at radius 2 is 2.25 bits per heavy atom. The predicted octanol–water partition coefficient (Wildman–Crippen LogP) is 0.116. The van der Waals surface area contributed by atoms with Crippen molar-refractivity contribution in [1.82, 2.24) is 5.32 Å². The molecule has 48 valence electrons. The van der Waals surface area contributed by atoms with E-state index < -0.39 is 0 Å². The van der Waals surface area contributed by atoms with E-state index in [1.807, 2.05) is 13.8 Å². The smallest absolute Gasteiger partial charge is 0.247 e. The van der Waals surface area contributed by atoms with Crippen molar-refractivity contribution in [1.29, 1.82) is 0 Å². The number of nitrogens with one attached hydrogen (secondary N) is 1. The van der Waals surface area contributed by atoms with Gasteiger partial charge in [-0.05, 0) is 0 Å². The summed E-state index contributed by atoms with van der Waals surface area (Å²) in [5.41, 5.74) is 0. The zero-order valence-corrected chi connectivity index (χ0v) is 5.23. The molecule has 1 fully saturated rings. The van der Waals surface area contributed by atoms with Gasteiger partial charge in [0.2, 0.25) is 5.91 Å². The van der Waals surface area contributed by atoms with Crippen LogP contribution in [0.4, 0.5) is 0 Å². The Kier molecular flexibility index (Phi) is 4.26. The third-order valence-electron chi connectivity index (χ3n) is 0.605. The molecule has 0 atom stereocenters. The SMILES string of the molecule is CC.O=C1COCN1. The van der Waals surface area contributed by atoms with Crippen molar-refractivity contribution in [2.24, 2.45) is 0 Å². The Morgan fingerprint density at radius 1 is 1.62 bits per heavy atom. The summed E-state index contributed by atoms with van der Waals surface area (Å²) in [5, 5.41) is 2.46. The number of carbonyl (C=O) groups is 1. The summed E-state index contributed by atoms with van der Waals surface area (Å²) in [6.45, 7) is 4.62. The van der Waals surface area contributed by atoms with Crippen molar-refractivity contribution in [2.75, 3.05) is 13.3 Å². The van der Waals surface area contributed by atoms with Crippen LogP contribution < -0.4 is 5.32 Å². The first-order valence-electron chi connectivity index (χ1n) is 2.74. The van der Waals surface area contributed by atoms with Gasteiger partial charge in [-0.3, -0.25) is 4.79 Å². The molecule has 0 aromatic carbocycles. The molecule has 1 rings (SSSR count). The van der Waals surface area contributed by atoms with Crippen LogP contribution in [0.2, 0.25) is 0 Å². The molecule has 8 heavy (non-hydrogen) atoms. The lowest BCUT2D eigenvalue weighted by molar-refractivity contribution is -0.119. The van der Waals surface area contributed by atoms with Crippen LogP contribution in [-0.4, -0.2) is 19.2 Å². The lowest BCUT2D eigenvalue weighted by Crippen LogP contribution is -2.14. The van der Waals surface area contributed by atoms with Gasteiger partial charge < -0.3 is 10.1 Å². The van der Waals surface area contributed by atoms with Crippen molar-refractivity contribution in [3.05, 3.63) is 0 Å². The fourth-order valence-corrected chi connectivity index (χ4v) is 0.326. The Bertz CT molecular complexity index is 64.8. The van der Waals surface area contributed by atoms with Crippen LogP contribution in [0.1, 0.15) is 13.8 Å². The number of hydrogen-bond acceptors (Lipinski definition) is 2. The van der Waals surface area contributed by atoms with E-state index in [0.717, 1.165) is 0 Å². The van der Waals surface area contributed by atoms with E-state index in [2.05, 4.69) is 10.1 Å². The van der Waals surface area contributed by atoms with Gasteiger partial charge in [-0.1, -0.05) is 13.8 Å². The molecule has 1 heterocycles. The topological polar surface area (TPSA) is 38.3 Å². The highest BCUT2D eigenvalue weighted by Gasteiger charge is 2.05. The van der Waals surface area contributed by atoms with Gasteiger partial charge in [-0.25, -0.2) is 0 Å². The van der Waals surface area contributed by atoms with Crippen molar-refractivity contribution < 1.29 is 9.53 Å². The first-order chi connectivity index (χ1) is 3.89. The van der Waals surface area contributed by atoms with Crippen molar-refractivity contribution in [3.63, 3.8) is 0 Å². The molecular weight excluding hydrogens is 106 g/mol. The predicted molar refractivity (Wildman–Crippen MR) is 30.3 cm³/mol. The summed E-state index contributed by atoms with van der Waals surface area (Å²) in [5.74, 6) is -0.0185. The Hall–Kier alpha value is -0.570. The summed E-state index contributed by atoms with van der Waals surface area (Å²) in [6, 6.07) is 0. The maximum Gasteiger partial charge on any atom is 0.247 e. The summed E-state index contributed by atoms with van der Waals surface area (Å²) in [4.78, 5) is 10.0. The van der Waals surface area contributed by atoms with Crippen molar-refractivity contribution in [3.8, 4) is 0 Å². The van der Waals surface area contributed by atoms with Gasteiger partial charge in [0, 0.05) is 0 Å². The molecule has 0 bridgehead atoms. The largest absolute Gasteiger partial charge is 0.351 e. The van der Waals surface area contributed by atoms with E-state index >= 15 is 0 Å². The number of hydrogen-bond donors (Lipinski definition) is 1. The number of amides is 1. The quantitative estimate of drug-likeness (QED) is 0.489. The standard InChI is InChI=1S/C3H5NO2.C2H6/c5-3-1-6-2-4-3;1-2/h1-2H2,(H,4,5);1-2H3. The number of ether oxygens (including phenoxy) is 1. The molecular formula is C5H11NO2. The van der Waals surface area contributed by atoms with Gasteiger partial charge in [-0.15, -0.1) is 0 Å². The molecule has 3 heteroatoms. The highest BCUT2D eigenvalue weighted by molar-refractivity contribution is 5.78. The van der Waals surface area contributed by atoms with Crippen LogP contribution >= 0.6 is 0 Å². The molecule has 0 spiro atoms. The van der Waals surface area contributed by atoms with Crippen LogP contribution in [-0.2, 0) is 9.53 Å². The van der Waals surface area contributed by atoms with Gasteiger partial charge in [0.15, 0.2) is 0 Å². The minimum Gasteiger partial charge on any atom is -0.351 e. The third kappa shape index (κ3) is 2.58.